The third kappa shape index (κ3) is 3.23. The molecule has 0 atom stereocenters. The van der Waals surface area contributed by atoms with E-state index in [9.17, 15) is 0 Å². The molecule has 0 amide bonds. The summed E-state index contributed by atoms with van der Waals surface area (Å²) in [6.07, 6.45) is 1.75. The number of fused-ring (bicyclic) bond motifs is 1. The van der Waals surface area contributed by atoms with Crippen LogP contribution in [0.1, 0.15) is 5.56 Å². The molecular weight excluding hydrogens is 304 g/mol. The molecule has 24 heavy (non-hydrogen) atoms. The number of para-hydroxylation sites is 2. The first-order chi connectivity index (χ1) is 11.9. The first-order valence-electron chi connectivity index (χ1n) is 7.96. The lowest BCUT2D eigenvalue weighted by Gasteiger charge is -2.28. The predicted molar refractivity (Wildman–Crippen MR) is 94.7 cm³/mol. The summed E-state index contributed by atoms with van der Waals surface area (Å²) in [4.78, 5) is 6.63. The van der Waals surface area contributed by atoms with Crippen molar-refractivity contribution in [3.63, 3.8) is 0 Å². The van der Waals surface area contributed by atoms with Gasteiger partial charge in [-0.05, 0) is 29.8 Å². The summed E-state index contributed by atoms with van der Waals surface area (Å²) in [6.45, 7) is 3.45. The molecule has 1 N–H and O–H groups in total. The van der Waals surface area contributed by atoms with Gasteiger partial charge in [-0.3, -0.25) is 0 Å². The van der Waals surface area contributed by atoms with E-state index in [-0.39, 0.29) is 0 Å². The highest BCUT2D eigenvalue weighted by molar-refractivity contribution is 5.81. The summed E-state index contributed by atoms with van der Waals surface area (Å²) in [5.74, 6) is 0. The standard InChI is InChI=1S/C18H18N4O2/c1-2-4-17-16(3-1)20-18(24-17)21-19-13-14-5-7-15(8-6-14)22-9-11-23-12-10-22/h1-8,13H,9-12H2,(H,20,21). The fourth-order valence-corrected chi connectivity index (χ4v) is 2.67. The molecule has 2 heterocycles. The second-order valence-corrected chi connectivity index (χ2v) is 5.55. The molecule has 1 aliphatic heterocycles. The average Bonchev–Trinajstić information content (AvgIpc) is 3.06. The second kappa shape index (κ2) is 6.72. The van der Waals surface area contributed by atoms with Crippen LogP contribution in [0.15, 0.2) is 58.0 Å². The van der Waals surface area contributed by atoms with Gasteiger partial charge in [0.1, 0.15) is 5.52 Å². The molecule has 3 aromatic rings. The Bertz CT molecular complexity index is 803. The van der Waals surface area contributed by atoms with Gasteiger partial charge in [0.15, 0.2) is 5.58 Å². The van der Waals surface area contributed by atoms with Gasteiger partial charge in [0.25, 0.3) is 0 Å². The van der Waals surface area contributed by atoms with Crippen LogP contribution >= 0.6 is 0 Å². The van der Waals surface area contributed by atoms with E-state index < -0.39 is 0 Å². The van der Waals surface area contributed by atoms with Crippen LogP contribution in [-0.2, 0) is 4.74 Å². The van der Waals surface area contributed by atoms with Gasteiger partial charge in [-0.2, -0.15) is 10.1 Å². The Morgan fingerprint density at radius 1 is 1.04 bits per heavy atom. The molecule has 0 bridgehead atoms. The van der Waals surface area contributed by atoms with Crippen molar-refractivity contribution < 1.29 is 9.15 Å². The van der Waals surface area contributed by atoms with Gasteiger partial charge in [-0.1, -0.05) is 24.3 Å². The number of nitrogens with zero attached hydrogens (tertiary/aromatic N) is 3. The van der Waals surface area contributed by atoms with Crippen molar-refractivity contribution in [1.29, 1.82) is 0 Å². The molecule has 1 fully saturated rings. The quantitative estimate of drug-likeness (QED) is 0.591. The summed E-state index contributed by atoms with van der Waals surface area (Å²) in [5, 5.41) is 4.18. The molecule has 6 nitrogen and oxygen atoms in total. The van der Waals surface area contributed by atoms with Gasteiger partial charge in [0.05, 0.1) is 19.4 Å². The molecule has 0 unspecified atom stereocenters. The Labute approximate surface area is 139 Å². The third-order valence-corrected chi connectivity index (χ3v) is 3.94. The largest absolute Gasteiger partial charge is 0.422 e. The number of hydrogen-bond acceptors (Lipinski definition) is 6. The number of ether oxygens (including phenoxy) is 1. The lowest BCUT2D eigenvalue weighted by molar-refractivity contribution is 0.122. The van der Waals surface area contributed by atoms with Crippen LogP contribution in [0.3, 0.4) is 0 Å². The van der Waals surface area contributed by atoms with Gasteiger partial charge in [0.2, 0.25) is 0 Å². The molecule has 0 aliphatic carbocycles. The minimum atomic E-state index is 0.386. The summed E-state index contributed by atoms with van der Waals surface area (Å²) in [7, 11) is 0. The smallest absolute Gasteiger partial charge is 0.316 e. The van der Waals surface area contributed by atoms with Crippen LogP contribution in [0.2, 0.25) is 0 Å². The Balaban J connectivity index is 1.40. The van der Waals surface area contributed by atoms with E-state index in [1.807, 2.05) is 36.4 Å². The van der Waals surface area contributed by atoms with Crippen molar-refractivity contribution in [3.05, 3.63) is 54.1 Å². The van der Waals surface area contributed by atoms with E-state index in [1.165, 1.54) is 5.69 Å². The lowest BCUT2D eigenvalue weighted by Crippen LogP contribution is -2.36. The highest BCUT2D eigenvalue weighted by Crippen LogP contribution is 2.18. The predicted octanol–water partition coefficient (Wildman–Crippen LogP) is 3.11. The molecule has 1 aromatic heterocycles. The highest BCUT2D eigenvalue weighted by atomic mass is 16.5. The number of benzene rings is 2. The molecule has 1 aliphatic rings. The Morgan fingerprint density at radius 2 is 1.83 bits per heavy atom. The number of hydrogen-bond donors (Lipinski definition) is 1. The normalized spacial score (nSPS) is 15.2. The van der Waals surface area contributed by atoms with E-state index in [0.29, 0.717) is 6.01 Å². The van der Waals surface area contributed by atoms with Crippen LogP contribution in [0.4, 0.5) is 11.7 Å². The zero-order valence-corrected chi connectivity index (χ0v) is 13.2. The third-order valence-electron chi connectivity index (χ3n) is 3.94. The first kappa shape index (κ1) is 14.7. The van der Waals surface area contributed by atoms with Crippen molar-refractivity contribution in [1.82, 2.24) is 4.98 Å². The van der Waals surface area contributed by atoms with Crippen molar-refractivity contribution in [2.24, 2.45) is 5.10 Å². The van der Waals surface area contributed by atoms with Gasteiger partial charge >= 0.3 is 6.01 Å². The van der Waals surface area contributed by atoms with Crippen LogP contribution in [-0.4, -0.2) is 37.5 Å². The highest BCUT2D eigenvalue weighted by Gasteiger charge is 2.10. The lowest BCUT2D eigenvalue weighted by atomic mass is 10.2. The molecule has 122 valence electrons. The zero-order valence-electron chi connectivity index (χ0n) is 13.2. The molecular formula is C18H18N4O2. The average molecular weight is 322 g/mol. The van der Waals surface area contributed by atoms with Crippen LogP contribution in [0.25, 0.3) is 11.1 Å². The van der Waals surface area contributed by atoms with E-state index in [4.69, 9.17) is 9.15 Å². The van der Waals surface area contributed by atoms with Crippen LogP contribution in [0.5, 0.6) is 0 Å². The molecule has 0 spiro atoms. The van der Waals surface area contributed by atoms with Gasteiger partial charge in [-0.15, -0.1) is 0 Å². The van der Waals surface area contributed by atoms with Gasteiger partial charge < -0.3 is 14.1 Å². The minimum Gasteiger partial charge on any atom is -0.422 e. The van der Waals surface area contributed by atoms with Crippen molar-refractivity contribution in [2.45, 2.75) is 0 Å². The Hall–Kier alpha value is -2.86. The number of nitrogens with one attached hydrogen (secondary N) is 1. The molecule has 4 rings (SSSR count). The number of morpholine rings is 1. The van der Waals surface area contributed by atoms with E-state index in [2.05, 4.69) is 32.5 Å². The number of oxazole rings is 1. The van der Waals surface area contributed by atoms with Gasteiger partial charge in [-0.25, -0.2) is 5.43 Å². The molecule has 0 radical (unpaired) electrons. The summed E-state index contributed by atoms with van der Waals surface area (Å²) in [5.41, 5.74) is 6.60. The van der Waals surface area contributed by atoms with E-state index >= 15 is 0 Å². The van der Waals surface area contributed by atoms with Crippen LogP contribution < -0.4 is 10.3 Å². The van der Waals surface area contributed by atoms with Crippen molar-refractivity contribution in [2.75, 3.05) is 36.6 Å². The van der Waals surface area contributed by atoms with E-state index in [0.717, 1.165) is 43.0 Å². The van der Waals surface area contributed by atoms with Gasteiger partial charge in [0, 0.05) is 18.8 Å². The fourth-order valence-electron chi connectivity index (χ4n) is 2.67. The zero-order chi connectivity index (χ0) is 16.2. The van der Waals surface area contributed by atoms with Crippen LogP contribution in [0, 0.1) is 0 Å². The summed E-state index contributed by atoms with van der Waals surface area (Å²) < 4.78 is 10.9. The monoisotopic (exact) mass is 322 g/mol. The first-order valence-corrected chi connectivity index (χ1v) is 7.96. The second-order valence-electron chi connectivity index (χ2n) is 5.55. The maximum Gasteiger partial charge on any atom is 0.316 e. The SMILES string of the molecule is C(=NNc1nc2ccccc2o1)c1ccc(N2CCOCC2)cc1. The number of hydrazone groups is 1. The maximum absolute atomic E-state index is 5.55. The molecule has 2 aromatic carbocycles. The maximum atomic E-state index is 5.55. The summed E-state index contributed by atoms with van der Waals surface area (Å²) in [6, 6.07) is 16.3. The Kier molecular flexibility index (Phi) is 4.12. The molecule has 1 saturated heterocycles. The molecule has 0 saturated carbocycles. The topological polar surface area (TPSA) is 62.9 Å². The summed E-state index contributed by atoms with van der Waals surface area (Å²) >= 11 is 0. The Morgan fingerprint density at radius 3 is 2.62 bits per heavy atom. The van der Waals surface area contributed by atoms with Crippen molar-refractivity contribution in [3.8, 4) is 0 Å². The van der Waals surface area contributed by atoms with Crippen molar-refractivity contribution >= 4 is 29.0 Å². The van der Waals surface area contributed by atoms with E-state index in [1.54, 1.807) is 6.21 Å². The molecule has 6 heteroatoms. The number of rotatable bonds is 4. The number of aromatic nitrogens is 1. The minimum absolute atomic E-state index is 0.386. The number of anilines is 2. The fraction of sp³-hybridized carbons (Fsp3) is 0.222.